The molecule has 0 spiro atoms. The molecule has 120 valence electrons. The highest BCUT2D eigenvalue weighted by molar-refractivity contribution is 7.15. The minimum atomic E-state index is -0.207. The van der Waals surface area contributed by atoms with E-state index in [9.17, 15) is 4.39 Å². The molecule has 0 atom stereocenters. The van der Waals surface area contributed by atoms with Crippen LogP contribution in [0.4, 0.5) is 4.39 Å². The van der Waals surface area contributed by atoms with Crippen LogP contribution < -0.4 is 0 Å². The van der Waals surface area contributed by atoms with Gasteiger partial charge in [0.25, 0.3) is 0 Å². The molecular formula is C20H15ClFNS. The number of thiophene rings is 1. The fraction of sp³-hybridized carbons (Fsp3) is 0.100. The highest BCUT2D eigenvalue weighted by Crippen LogP contribution is 2.33. The van der Waals surface area contributed by atoms with E-state index in [0.717, 1.165) is 32.8 Å². The van der Waals surface area contributed by atoms with E-state index in [1.165, 1.54) is 22.6 Å². The summed E-state index contributed by atoms with van der Waals surface area (Å²) in [5, 5.41) is 1.91. The van der Waals surface area contributed by atoms with E-state index in [-0.39, 0.29) is 5.82 Å². The number of halogens is 2. The van der Waals surface area contributed by atoms with E-state index >= 15 is 0 Å². The van der Waals surface area contributed by atoms with Gasteiger partial charge in [0.1, 0.15) is 5.82 Å². The number of fused-ring (bicyclic) bond motifs is 1. The lowest BCUT2D eigenvalue weighted by Gasteiger charge is -2.00. The molecule has 0 saturated heterocycles. The monoisotopic (exact) mass is 355 g/mol. The molecule has 4 heteroatoms. The summed E-state index contributed by atoms with van der Waals surface area (Å²) in [5.74, 6) is -0.207. The minimum absolute atomic E-state index is 0.207. The first kappa shape index (κ1) is 15.4. The van der Waals surface area contributed by atoms with Crippen molar-refractivity contribution in [2.75, 3.05) is 0 Å². The van der Waals surface area contributed by atoms with Gasteiger partial charge in [-0.3, -0.25) is 0 Å². The Morgan fingerprint density at radius 1 is 1.04 bits per heavy atom. The van der Waals surface area contributed by atoms with E-state index in [0.29, 0.717) is 0 Å². The van der Waals surface area contributed by atoms with Crippen molar-refractivity contribution in [3.8, 4) is 10.4 Å². The maximum absolute atomic E-state index is 13.1. The molecule has 0 fully saturated rings. The van der Waals surface area contributed by atoms with E-state index in [1.54, 1.807) is 11.3 Å². The highest BCUT2D eigenvalue weighted by Gasteiger charge is 2.12. The van der Waals surface area contributed by atoms with Crippen LogP contribution in [0.2, 0.25) is 5.02 Å². The molecule has 4 rings (SSSR count). The number of hydrogen-bond donors (Lipinski definition) is 0. The van der Waals surface area contributed by atoms with Crippen LogP contribution in [0.1, 0.15) is 10.4 Å². The Bertz CT molecular complexity index is 1010. The lowest BCUT2D eigenvalue weighted by atomic mass is 10.1. The molecule has 0 radical (unpaired) electrons. The quantitative estimate of drug-likeness (QED) is 0.407. The van der Waals surface area contributed by atoms with E-state index in [1.807, 2.05) is 31.3 Å². The van der Waals surface area contributed by atoms with Crippen LogP contribution in [-0.2, 0) is 13.5 Å². The van der Waals surface area contributed by atoms with Crippen LogP contribution in [0, 0.1) is 5.82 Å². The van der Waals surface area contributed by atoms with Crippen molar-refractivity contribution in [2.45, 2.75) is 6.42 Å². The lowest BCUT2D eigenvalue weighted by Crippen LogP contribution is -1.83. The molecule has 0 saturated carbocycles. The maximum atomic E-state index is 13.1. The second-order valence-corrected chi connectivity index (χ2v) is 7.42. The van der Waals surface area contributed by atoms with Gasteiger partial charge in [-0.05, 0) is 47.5 Å². The van der Waals surface area contributed by atoms with E-state index < -0.39 is 0 Å². The molecular weight excluding hydrogens is 341 g/mol. The van der Waals surface area contributed by atoms with E-state index in [4.69, 9.17) is 11.6 Å². The molecule has 2 heterocycles. The second kappa shape index (κ2) is 6.08. The molecule has 4 aromatic rings. The Balaban J connectivity index is 1.69. The number of rotatable bonds is 3. The van der Waals surface area contributed by atoms with Gasteiger partial charge in [-0.25, -0.2) is 4.39 Å². The van der Waals surface area contributed by atoms with Gasteiger partial charge in [-0.15, -0.1) is 11.3 Å². The van der Waals surface area contributed by atoms with Gasteiger partial charge in [-0.2, -0.15) is 0 Å². The molecule has 1 nitrogen and oxygen atoms in total. The van der Waals surface area contributed by atoms with Crippen LogP contribution >= 0.6 is 22.9 Å². The van der Waals surface area contributed by atoms with Gasteiger partial charge in [0.05, 0.1) is 5.02 Å². The summed E-state index contributed by atoms with van der Waals surface area (Å²) in [7, 11) is 2.04. The average Bonchev–Trinajstić information content (AvgIpc) is 3.15. The standard InChI is InChI=1S/C20H15ClFNS/c1-23-12-14(20-17(21)3-2-4-18(20)23)11-16-9-10-19(24-16)13-5-7-15(22)8-6-13/h2-10,12H,11H2,1H3. The number of aromatic nitrogens is 1. The van der Waals surface area contributed by atoms with Gasteiger partial charge in [0.2, 0.25) is 0 Å². The third kappa shape index (κ3) is 2.74. The normalized spacial score (nSPS) is 11.3. The van der Waals surface area contributed by atoms with Crippen molar-refractivity contribution in [3.05, 3.63) is 82.1 Å². The summed E-state index contributed by atoms with van der Waals surface area (Å²) >= 11 is 8.15. The Morgan fingerprint density at radius 2 is 1.83 bits per heavy atom. The number of hydrogen-bond acceptors (Lipinski definition) is 1. The molecule has 0 bridgehead atoms. The van der Waals surface area contributed by atoms with Crippen LogP contribution in [0.15, 0.2) is 60.8 Å². The predicted octanol–water partition coefficient (Wildman–Crippen LogP) is 6.29. The third-order valence-electron chi connectivity index (χ3n) is 4.20. The topological polar surface area (TPSA) is 4.93 Å². The molecule has 0 unspecified atom stereocenters. The van der Waals surface area contributed by atoms with Crippen molar-refractivity contribution >= 4 is 33.8 Å². The Labute approximate surface area is 148 Å². The number of benzene rings is 2. The summed E-state index contributed by atoms with van der Waals surface area (Å²) in [5.41, 5.74) is 3.42. The predicted molar refractivity (Wildman–Crippen MR) is 100 cm³/mol. The van der Waals surface area contributed by atoms with Crippen LogP contribution in [-0.4, -0.2) is 4.57 Å². The van der Waals surface area contributed by atoms with Crippen molar-refractivity contribution in [1.29, 1.82) is 0 Å². The van der Waals surface area contributed by atoms with Gasteiger partial charge in [0, 0.05) is 40.3 Å². The fourth-order valence-corrected chi connectivity index (χ4v) is 4.38. The zero-order chi connectivity index (χ0) is 16.7. The molecule has 0 aliphatic carbocycles. The van der Waals surface area contributed by atoms with Gasteiger partial charge in [-0.1, -0.05) is 29.8 Å². The lowest BCUT2D eigenvalue weighted by molar-refractivity contribution is 0.628. The van der Waals surface area contributed by atoms with Crippen molar-refractivity contribution in [3.63, 3.8) is 0 Å². The molecule has 0 N–H and O–H groups in total. The summed E-state index contributed by atoms with van der Waals surface area (Å²) in [4.78, 5) is 2.41. The highest BCUT2D eigenvalue weighted by atomic mass is 35.5. The Morgan fingerprint density at radius 3 is 2.62 bits per heavy atom. The smallest absolute Gasteiger partial charge is 0.123 e. The van der Waals surface area contributed by atoms with Crippen LogP contribution in [0.3, 0.4) is 0 Å². The Hall–Kier alpha value is -2.10. The van der Waals surface area contributed by atoms with Gasteiger partial charge in [0.15, 0.2) is 0 Å². The zero-order valence-corrected chi connectivity index (χ0v) is 14.7. The first-order valence-corrected chi connectivity index (χ1v) is 8.88. The van der Waals surface area contributed by atoms with Crippen LogP contribution in [0.25, 0.3) is 21.3 Å². The molecule has 2 aromatic heterocycles. The minimum Gasteiger partial charge on any atom is -0.350 e. The second-order valence-electron chi connectivity index (χ2n) is 5.85. The summed E-state index contributed by atoms with van der Waals surface area (Å²) in [6.07, 6.45) is 2.99. The first-order valence-electron chi connectivity index (χ1n) is 7.69. The van der Waals surface area contributed by atoms with Crippen molar-refractivity contribution < 1.29 is 4.39 Å². The molecule has 2 aromatic carbocycles. The largest absolute Gasteiger partial charge is 0.350 e. The molecule has 24 heavy (non-hydrogen) atoms. The first-order chi connectivity index (χ1) is 11.6. The number of nitrogens with zero attached hydrogens (tertiary/aromatic N) is 1. The average molecular weight is 356 g/mol. The van der Waals surface area contributed by atoms with Crippen molar-refractivity contribution in [2.24, 2.45) is 7.05 Å². The van der Waals surface area contributed by atoms with E-state index in [2.05, 4.69) is 29.0 Å². The van der Waals surface area contributed by atoms with Crippen molar-refractivity contribution in [1.82, 2.24) is 4.57 Å². The maximum Gasteiger partial charge on any atom is 0.123 e. The SMILES string of the molecule is Cn1cc(Cc2ccc(-c3ccc(F)cc3)s2)c2c(Cl)cccc21. The van der Waals surface area contributed by atoms with Crippen LogP contribution in [0.5, 0.6) is 0 Å². The molecule has 0 aliphatic heterocycles. The molecule has 0 amide bonds. The summed E-state index contributed by atoms with van der Waals surface area (Å²) in [6, 6.07) is 16.9. The zero-order valence-electron chi connectivity index (χ0n) is 13.1. The summed E-state index contributed by atoms with van der Waals surface area (Å²) in [6.45, 7) is 0. The van der Waals surface area contributed by atoms with Gasteiger partial charge >= 0.3 is 0 Å². The molecule has 0 aliphatic rings. The third-order valence-corrected chi connectivity index (χ3v) is 5.65. The fourth-order valence-electron chi connectivity index (χ4n) is 3.06. The number of aryl methyl sites for hydroxylation is 1. The van der Waals surface area contributed by atoms with Gasteiger partial charge < -0.3 is 4.57 Å². The summed E-state index contributed by atoms with van der Waals surface area (Å²) < 4.78 is 15.2. The Kier molecular flexibility index (Phi) is 3.91.